The Morgan fingerprint density at radius 3 is 2.21 bits per heavy atom. The molecule has 0 aliphatic heterocycles. The number of fused-ring (bicyclic) bond motifs is 3. The number of methoxy groups -OCH3 is 1. The number of rotatable bonds is 8. The van der Waals surface area contributed by atoms with Crippen molar-refractivity contribution in [3.63, 3.8) is 0 Å². The summed E-state index contributed by atoms with van der Waals surface area (Å²) in [5.41, 5.74) is 13.0. The van der Waals surface area contributed by atoms with E-state index in [4.69, 9.17) is 4.74 Å². The van der Waals surface area contributed by atoms with E-state index >= 15 is 0 Å². The molecule has 2 heteroatoms. The summed E-state index contributed by atoms with van der Waals surface area (Å²) in [6.07, 6.45) is 1.01. The summed E-state index contributed by atoms with van der Waals surface area (Å²) in [6, 6.07) is 18.2. The van der Waals surface area contributed by atoms with Gasteiger partial charge in [-0.3, -0.25) is 4.90 Å². The van der Waals surface area contributed by atoms with Crippen LogP contribution in [0.1, 0.15) is 81.2 Å². The third-order valence-corrected chi connectivity index (χ3v) is 7.25. The normalized spacial score (nSPS) is 12.5. The lowest BCUT2D eigenvalue weighted by Crippen LogP contribution is -2.22. The Labute approximate surface area is 200 Å². The molecule has 0 amide bonds. The number of hydrogen-bond acceptors (Lipinski definition) is 2. The van der Waals surface area contributed by atoms with Gasteiger partial charge in [-0.2, -0.15) is 0 Å². The van der Waals surface area contributed by atoms with Crippen molar-refractivity contribution in [1.29, 1.82) is 0 Å². The van der Waals surface area contributed by atoms with E-state index in [0.29, 0.717) is 11.8 Å². The van der Waals surface area contributed by atoms with Crippen molar-refractivity contribution in [3.8, 4) is 28.0 Å². The van der Waals surface area contributed by atoms with Gasteiger partial charge in [0, 0.05) is 6.54 Å². The first-order chi connectivity index (χ1) is 15.9. The molecule has 0 saturated heterocycles. The molecular formula is C31H39NO. The van der Waals surface area contributed by atoms with Gasteiger partial charge in [-0.15, -0.1) is 0 Å². The fourth-order valence-electron chi connectivity index (χ4n) is 5.48. The summed E-state index contributed by atoms with van der Waals surface area (Å²) in [5.74, 6) is 1.87. The van der Waals surface area contributed by atoms with E-state index in [0.717, 1.165) is 31.8 Å². The summed E-state index contributed by atoms with van der Waals surface area (Å²) < 4.78 is 5.66. The van der Waals surface area contributed by atoms with E-state index in [-0.39, 0.29) is 0 Å². The smallest absolute Gasteiger partial charge is 0.119 e. The van der Waals surface area contributed by atoms with E-state index in [1.807, 2.05) is 0 Å². The molecule has 0 atom stereocenters. The number of benzene rings is 3. The first-order valence-corrected chi connectivity index (χ1v) is 12.6. The van der Waals surface area contributed by atoms with E-state index in [1.54, 1.807) is 7.11 Å². The third-order valence-electron chi connectivity index (χ3n) is 7.25. The molecule has 0 aromatic heterocycles. The Hall–Kier alpha value is -2.58. The lowest BCUT2D eigenvalue weighted by molar-refractivity contribution is 0.295. The highest BCUT2D eigenvalue weighted by Gasteiger charge is 2.29. The van der Waals surface area contributed by atoms with Gasteiger partial charge in [0.25, 0.3) is 0 Å². The molecule has 1 aliphatic rings. The molecule has 0 N–H and O–H groups in total. The summed E-state index contributed by atoms with van der Waals surface area (Å²) in [4.78, 5) is 2.49. The second-order valence-corrected chi connectivity index (χ2v) is 9.91. The van der Waals surface area contributed by atoms with E-state index in [9.17, 15) is 0 Å². The maximum absolute atomic E-state index is 5.66. The second kappa shape index (κ2) is 9.73. The minimum Gasteiger partial charge on any atom is -0.497 e. The molecule has 0 fully saturated rings. The molecule has 0 unspecified atom stereocenters. The first kappa shape index (κ1) is 23.6. The highest BCUT2D eigenvalue weighted by molar-refractivity contribution is 5.89. The molecule has 3 aromatic rings. The Morgan fingerprint density at radius 2 is 1.58 bits per heavy atom. The molecule has 0 heterocycles. The Kier molecular flexibility index (Phi) is 6.95. The van der Waals surface area contributed by atoms with Crippen molar-refractivity contribution >= 4 is 0 Å². The van der Waals surface area contributed by atoms with Gasteiger partial charge in [0.2, 0.25) is 0 Å². The Morgan fingerprint density at radius 1 is 0.848 bits per heavy atom. The molecule has 174 valence electrons. The van der Waals surface area contributed by atoms with Crippen LogP contribution in [-0.4, -0.2) is 25.1 Å². The van der Waals surface area contributed by atoms with Crippen LogP contribution in [0.2, 0.25) is 0 Å². The maximum Gasteiger partial charge on any atom is 0.119 e. The van der Waals surface area contributed by atoms with Crippen molar-refractivity contribution in [1.82, 2.24) is 4.90 Å². The third kappa shape index (κ3) is 4.34. The van der Waals surface area contributed by atoms with Crippen LogP contribution >= 0.6 is 0 Å². The zero-order chi connectivity index (χ0) is 23.7. The Balaban J connectivity index is 2.05. The highest BCUT2D eigenvalue weighted by Crippen LogP contribution is 2.48. The average Bonchev–Trinajstić information content (AvgIpc) is 3.19. The van der Waals surface area contributed by atoms with Crippen LogP contribution in [-0.2, 0) is 13.0 Å². The van der Waals surface area contributed by atoms with Crippen LogP contribution in [0.4, 0.5) is 0 Å². The van der Waals surface area contributed by atoms with Crippen molar-refractivity contribution < 1.29 is 4.74 Å². The van der Waals surface area contributed by atoms with Crippen LogP contribution in [0, 0.1) is 0 Å². The molecular weight excluding hydrogens is 402 g/mol. The predicted octanol–water partition coefficient (Wildman–Crippen LogP) is 8.02. The molecule has 0 spiro atoms. The van der Waals surface area contributed by atoms with Crippen LogP contribution < -0.4 is 4.74 Å². The number of nitrogens with zero attached hydrogens (tertiary/aromatic N) is 1. The van der Waals surface area contributed by atoms with Gasteiger partial charge in [-0.25, -0.2) is 0 Å². The minimum atomic E-state index is 0.454. The molecule has 0 bridgehead atoms. The molecule has 2 nitrogen and oxygen atoms in total. The average molecular weight is 442 g/mol. The summed E-state index contributed by atoms with van der Waals surface area (Å²) >= 11 is 0. The lowest BCUT2D eigenvalue weighted by atomic mass is 9.79. The fraction of sp³-hybridized carbons (Fsp3) is 0.419. The van der Waals surface area contributed by atoms with Gasteiger partial charge >= 0.3 is 0 Å². The molecule has 3 aromatic carbocycles. The lowest BCUT2D eigenvalue weighted by Gasteiger charge is -2.27. The molecule has 33 heavy (non-hydrogen) atoms. The molecule has 1 aliphatic carbocycles. The molecule has 4 rings (SSSR count). The van der Waals surface area contributed by atoms with Crippen molar-refractivity contribution in [2.45, 2.75) is 66.3 Å². The molecule has 0 saturated carbocycles. The summed E-state index contributed by atoms with van der Waals surface area (Å²) in [7, 11) is 1.77. The number of hydrogen-bond donors (Lipinski definition) is 0. The second-order valence-electron chi connectivity index (χ2n) is 9.91. The van der Waals surface area contributed by atoms with Gasteiger partial charge < -0.3 is 4.74 Å². The largest absolute Gasteiger partial charge is 0.497 e. The van der Waals surface area contributed by atoms with Crippen molar-refractivity contribution in [3.05, 3.63) is 76.3 Å². The standard InChI is InChI=1S/C31H39NO/c1-8-32(9-2)19-23-16-24(33-7)14-15-26(23)31-29-17-22-12-10-11-13-25(22)28(29)18-27(20(3)4)30(31)21(5)6/h10-16,18,20-21H,8-9,17,19H2,1-7H3. The van der Waals surface area contributed by atoms with Gasteiger partial charge in [-0.1, -0.05) is 77.9 Å². The first-order valence-electron chi connectivity index (χ1n) is 12.6. The fourth-order valence-corrected chi connectivity index (χ4v) is 5.48. The zero-order valence-corrected chi connectivity index (χ0v) is 21.5. The predicted molar refractivity (Wildman–Crippen MR) is 141 cm³/mol. The molecule has 0 radical (unpaired) electrons. The highest BCUT2D eigenvalue weighted by atomic mass is 16.5. The van der Waals surface area contributed by atoms with Crippen molar-refractivity contribution in [2.24, 2.45) is 0 Å². The minimum absolute atomic E-state index is 0.454. The zero-order valence-electron chi connectivity index (χ0n) is 21.5. The summed E-state index contributed by atoms with van der Waals surface area (Å²) in [6.45, 7) is 16.9. The van der Waals surface area contributed by atoms with Crippen LogP contribution in [0.5, 0.6) is 5.75 Å². The van der Waals surface area contributed by atoms with Crippen LogP contribution in [0.3, 0.4) is 0 Å². The maximum atomic E-state index is 5.66. The van der Waals surface area contributed by atoms with Gasteiger partial charge in [0.15, 0.2) is 0 Å². The van der Waals surface area contributed by atoms with Gasteiger partial charge in [-0.05, 0) is 93.5 Å². The SMILES string of the molecule is CCN(CC)Cc1cc(OC)ccc1-c1c2c(cc(C(C)C)c1C(C)C)-c1ccccc1C2. The quantitative estimate of drug-likeness (QED) is 0.274. The van der Waals surface area contributed by atoms with E-state index < -0.39 is 0 Å². The van der Waals surface area contributed by atoms with Gasteiger partial charge in [0.1, 0.15) is 5.75 Å². The topological polar surface area (TPSA) is 12.5 Å². The monoisotopic (exact) mass is 441 g/mol. The van der Waals surface area contributed by atoms with Crippen molar-refractivity contribution in [2.75, 3.05) is 20.2 Å². The number of ether oxygens (including phenoxy) is 1. The van der Waals surface area contributed by atoms with E-state index in [2.05, 4.69) is 95.0 Å². The van der Waals surface area contributed by atoms with E-state index in [1.165, 1.54) is 50.1 Å². The van der Waals surface area contributed by atoms with Crippen LogP contribution in [0.25, 0.3) is 22.3 Å². The van der Waals surface area contributed by atoms with Crippen LogP contribution in [0.15, 0.2) is 48.5 Å². The summed E-state index contributed by atoms with van der Waals surface area (Å²) in [5, 5.41) is 0. The Bertz CT molecular complexity index is 1140. The van der Waals surface area contributed by atoms with Gasteiger partial charge in [0.05, 0.1) is 7.11 Å².